The fraction of sp³-hybridized carbons (Fsp3) is 0.294. The molecule has 1 heterocycles. The average molecular weight is 299 g/mol. The molecule has 21 heavy (non-hydrogen) atoms. The van der Waals surface area contributed by atoms with Gasteiger partial charge in [0, 0.05) is 12.2 Å². The molecule has 2 aromatic rings. The van der Waals surface area contributed by atoms with Crippen molar-refractivity contribution in [3.63, 3.8) is 0 Å². The third kappa shape index (κ3) is 5.52. The van der Waals surface area contributed by atoms with Crippen molar-refractivity contribution in [1.29, 1.82) is 0 Å². The summed E-state index contributed by atoms with van der Waals surface area (Å²) in [7, 11) is 0. The Bertz CT molecular complexity index is 584. The van der Waals surface area contributed by atoms with Crippen LogP contribution in [0.25, 0.3) is 0 Å². The normalized spacial score (nSPS) is 11.7. The first-order valence-corrected chi connectivity index (χ1v) is 7.58. The smallest absolute Gasteiger partial charge is 0.172 e. The van der Waals surface area contributed by atoms with Gasteiger partial charge in [-0.1, -0.05) is 30.3 Å². The number of anilines is 1. The minimum atomic E-state index is 0.315. The zero-order valence-electron chi connectivity index (χ0n) is 12.5. The van der Waals surface area contributed by atoms with Gasteiger partial charge >= 0.3 is 0 Å². The van der Waals surface area contributed by atoms with Crippen molar-refractivity contribution < 1.29 is 0 Å². The first-order chi connectivity index (χ1) is 10.1. The molecule has 0 aliphatic carbocycles. The molecule has 2 N–H and O–H groups in total. The molecule has 0 bridgehead atoms. The number of nitrogens with one attached hydrogen (secondary N) is 2. The van der Waals surface area contributed by atoms with Gasteiger partial charge in [-0.3, -0.25) is 0 Å². The quantitative estimate of drug-likeness (QED) is 0.826. The lowest BCUT2D eigenvalue weighted by Crippen LogP contribution is -2.36. The summed E-state index contributed by atoms with van der Waals surface area (Å²) >= 11 is 5.32. The SMILES string of the molecule is Cc1ccnc(NC(=S)NC(C)CCc2ccccc2)c1. The molecule has 0 saturated carbocycles. The van der Waals surface area contributed by atoms with Gasteiger partial charge in [-0.25, -0.2) is 4.98 Å². The highest BCUT2D eigenvalue weighted by Crippen LogP contribution is 2.07. The van der Waals surface area contributed by atoms with E-state index in [0.717, 1.165) is 24.2 Å². The predicted molar refractivity (Wildman–Crippen MR) is 92.6 cm³/mol. The van der Waals surface area contributed by atoms with E-state index < -0.39 is 0 Å². The summed E-state index contributed by atoms with van der Waals surface area (Å²) in [6, 6.07) is 14.7. The number of benzene rings is 1. The second-order valence-corrected chi connectivity index (χ2v) is 5.65. The zero-order valence-corrected chi connectivity index (χ0v) is 13.3. The Labute approximate surface area is 131 Å². The van der Waals surface area contributed by atoms with Crippen LogP contribution in [-0.4, -0.2) is 16.1 Å². The number of hydrogen-bond acceptors (Lipinski definition) is 2. The number of pyridine rings is 1. The van der Waals surface area contributed by atoms with Crippen LogP contribution in [0.4, 0.5) is 5.82 Å². The van der Waals surface area contributed by atoms with E-state index in [2.05, 4.69) is 46.8 Å². The maximum absolute atomic E-state index is 5.32. The zero-order chi connectivity index (χ0) is 15.1. The summed E-state index contributed by atoms with van der Waals surface area (Å²) in [5, 5.41) is 7.04. The summed E-state index contributed by atoms with van der Waals surface area (Å²) in [5.74, 6) is 0.780. The van der Waals surface area contributed by atoms with Crippen LogP contribution in [-0.2, 0) is 6.42 Å². The van der Waals surface area contributed by atoms with Crippen molar-refractivity contribution in [2.24, 2.45) is 0 Å². The first kappa shape index (κ1) is 15.4. The van der Waals surface area contributed by atoms with Gasteiger partial charge in [0.25, 0.3) is 0 Å². The molecule has 2 rings (SSSR count). The Hall–Kier alpha value is -1.94. The Balaban J connectivity index is 1.77. The van der Waals surface area contributed by atoms with E-state index in [1.807, 2.05) is 25.1 Å². The third-order valence-electron chi connectivity index (χ3n) is 3.24. The minimum absolute atomic E-state index is 0.315. The number of thiocarbonyl (C=S) groups is 1. The van der Waals surface area contributed by atoms with Gasteiger partial charge < -0.3 is 10.6 Å². The molecule has 110 valence electrons. The van der Waals surface area contributed by atoms with Crippen molar-refractivity contribution in [2.45, 2.75) is 32.7 Å². The summed E-state index contributed by atoms with van der Waals surface area (Å²) < 4.78 is 0. The molecule has 0 radical (unpaired) electrons. The number of rotatable bonds is 5. The fourth-order valence-electron chi connectivity index (χ4n) is 2.08. The molecule has 0 amide bonds. The van der Waals surface area contributed by atoms with Gasteiger partial charge in [0.15, 0.2) is 5.11 Å². The molecule has 3 nitrogen and oxygen atoms in total. The van der Waals surface area contributed by atoms with E-state index >= 15 is 0 Å². The van der Waals surface area contributed by atoms with E-state index in [0.29, 0.717) is 11.2 Å². The van der Waals surface area contributed by atoms with Crippen LogP contribution in [0.2, 0.25) is 0 Å². The van der Waals surface area contributed by atoms with Crippen LogP contribution < -0.4 is 10.6 Å². The summed E-state index contributed by atoms with van der Waals surface area (Å²) in [6.45, 7) is 4.17. The Morgan fingerprint density at radius 3 is 2.71 bits per heavy atom. The van der Waals surface area contributed by atoms with Crippen molar-refractivity contribution in [3.05, 3.63) is 59.8 Å². The highest BCUT2D eigenvalue weighted by Gasteiger charge is 2.05. The average Bonchev–Trinajstić information content (AvgIpc) is 2.46. The highest BCUT2D eigenvalue weighted by molar-refractivity contribution is 7.80. The molecule has 0 aliphatic heterocycles. The number of aromatic nitrogens is 1. The maximum atomic E-state index is 5.32. The van der Waals surface area contributed by atoms with Crippen LogP contribution in [0.5, 0.6) is 0 Å². The summed E-state index contributed by atoms with van der Waals surface area (Å²) in [5.41, 5.74) is 2.51. The molecule has 0 fully saturated rings. The van der Waals surface area contributed by atoms with E-state index in [9.17, 15) is 0 Å². The number of hydrogen-bond donors (Lipinski definition) is 2. The molecule has 1 unspecified atom stereocenters. The van der Waals surface area contributed by atoms with Gasteiger partial charge in [0.05, 0.1) is 0 Å². The summed E-state index contributed by atoms with van der Waals surface area (Å²) in [4.78, 5) is 4.24. The van der Waals surface area contributed by atoms with Crippen LogP contribution in [0.1, 0.15) is 24.5 Å². The Kier molecular flexibility index (Phi) is 5.69. The predicted octanol–water partition coefficient (Wildman–Crippen LogP) is 3.70. The lowest BCUT2D eigenvalue weighted by atomic mass is 10.1. The largest absolute Gasteiger partial charge is 0.360 e. The van der Waals surface area contributed by atoms with E-state index in [4.69, 9.17) is 12.2 Å². The van der Waals surface area contributed by atoms with Crippen LogP contribution >= 0.6 is 12.2 Å². The number of aryl methyl sites for hydroxylation is 2. The standard InChI is InChI=1S/C17H21N3S/c1-13-10-11-18-16(12-13)20-17(21)19-14(2)8-9-15-6-4-3-5-7-15/h3-7,10-12,14H,8-9H2,1-2H3,(H2,18,19,20,21). The lowest BCUT2D eigenvalue weighted by Gasteiger charge is -2.16. The van der Waals surface area contributed by atoms with Gasteiger partial charge in [-0.2, -0.15) is 0 Å². The maximum Gasteiger partial charge on any atom is 0.172 e. The molecule has 1 aromatic carbocycles. The van der Waals surface area contributed by atoms with Crippen molar-refractivity contribution in [1.82, 2.24) is 10.3 Å². The second kappa shape index (κ2) is 7.74. The second-order valence-electron chi connectivity index (χ2n) is 5.24. The van der Waals surface area contributed by atoms with Gasteiger partial charge in [-0.05, 0) is 62.2 Å². The monoisotopic (exact) mass is 299 g/mol. The molecule has 0 aliphatic rings. The topological polar surface area (TPSA) is 37.0 Å². The molecule has 4 heteroatoms. The molecule has 0 saturated heterocycles. The van der Waals surface area contributed by atoms with Crippen LogP contribution in [0.3, 0.4) is 0 Å². The molecule has 0 spiro atoms. The molecular formula is C17H21N3S. The highest BCUT2D eigenvalue weighted by atomic mass is 32.1. The first-order valence-electron chi connectivity index (χ1n) is 7.17. The van der Waals surface area contributed by atoms with Crippen LogP contribution in [0.15, 0.2) is 48.7 Å². The van der Waals surface area contributed by atoms with Crippen molar-refractivity contribution in [3.8, 4) is 0 Å². The van der Waals surface area contributed by atoms with E-state index in [1.54, 1.807) is 6.20 Å². The lowest BCUT2D eigenvalue weighted by molar-refractivity contribution is 0.609. The van der Waals surface area contributed by atoms with Crippen molar-refractivity contribution >= 4 is 23.1 Å². The van der Waals surface area contributed by atoms with E-state index in [1.165, 1.54) is 5.56 Å². The minimum Gasteiger partial charge on any atom is -0.360 e. The fourth-order valence-corrected chi connectivity index (χ4v) is 2.39. The Morgan fingerprint density at radius 1 is 1.24 bits per heavy atom. The van der Waals surface area contributed by atoms with Crippen LogP contribution in [0, 0.1) is 6.92 Å². The van der Waals surface area contributed by atoms with Gasteiger partial charge in [0.1, 0.15) is 5.82 Å². The number of nitrogens with zero attached hydrogens (tertiary/aromatic N) is 1. The van der Waals surface area contributed by atoms with Gasteiger partial charge in [-0.15, -0.1) is 0 Å². The third-order valence-corrected chi connectivity index (χ3v) is 3.46. The van der Waals surface area contributed by atoms with Gasteiger partial charge in [0.2, 0.25) is 0 Å². The van der Waals surface area contributed by atoms with E-state index in [-0.39, 0.29) is 0 Å². The van der Waals surface area contributed by atoms with Crippen molar-refractivity contribution in [2.75, 3.05) is 5.32 Å². The summed E-state index contributed by atoms with van der Waals surface area (Å²) in [6.07, 6.45) is 3.85. The Morgan fingerprint density at radius 2 is 2.00 bits per heavy atom. The molecule has 1 aromatic heterocycles. The molecule has 1 atom stereocenters. The molecular weight excluding hydrogens is 278 g/mol.